The van der Waals surface area contributed by atoms with Crippen molar-refractivity contribution >= 4 is 29.4 Å². The summed E-state index contributed by atoms with van der Waals surface area (Å²) < 4.78 is 71.1. The van der Waals surface area contributed by atoms with E-state index in [1.54, 1.807) is 18.7 Å². The zero-order valence-electron chi connectivity index (χ0n) is 24.2. The number of alkyl halides is 5. The van der Waals surface area contributed by atoms with Crippen LogP contribution in [0.5, 0.6) is 0 Å². The number of Topliss-reactive ketones (excluding diaryl/α,β-unsaturated/α-hetero) is 1. The van der Waals surface area contributed by atoms with Gasteiger partial charge < -0.3 is 25.2 Å². The summed E-state index contributed by atoms with van der Waals surface area (Å²) >= 11 is 0. The van der Waals surface area contributed by atoms with Gasteiger partial charge in [-0.1, -0.05) is 27.7 Å². The summed E-state index contributed by atoms with van der Waals surface area (Å²) in [6.07, 6.45) is -6.06. The second-order valence-corrected chi connectivity index (χ2v) is 11.2. The first kappa shape index (κ1) is 33.9. The minimum atomic E-state index is -6.14. The molecule has 238 valence electrons. The molecule has 2 saturated heterocycles. The van der Waals surface area contributed by atoms with Crippen LogP contribution >= 0.6 is 0 Å². The first-order valence-corrected chi connectivity index (χ1v) is 13.8. The van der Waals surface area contributed by atoms with Gasteiger partial charge in [0.25, 0.3) is 11.8 Å². The highest BCUT2D eigenvalue weighted by atomic mass is 19.4. The SMILES string of the molecule is CC(C)C(NC(=O)[C@H]1CCN1C(=O)[C@@H](NC(=O)c1ccc(C(=O)N2CCOCC2)cc1)C(C)C)C(=O)C(F)(F)C(F)(F)F. The van der Waals surface area contributed by atoms with E-state index in [0.717, 1.165) is 4.90 Å². The smallest absolute Gasteiger partial charge is 0.378 e. The fourth-order valence-corrected chi connectivity index (χ4v) is 4.67. The van der Waals surface area contributed by atoms with Crippen LogP contribution in [-0.2, 0) is 19.1 Å². The van der Waals surface area contributed by atoms with Crippen molar-refractivity contribution in [1.82, 2.24) is 20.4 Å². The van der Waals surface area contributed by atoms with E-state index in [0.29, 0.717) is 31.9 Å². The summed E-state index contributed by atoms with van der Waals surface area (Å²) in [7, 11) is 0. The van der Waals surface area contributed by atoms with E-state index in [1.165, 1.54) is 38.1 Å². The predicted molar refractivity (Wildman–Crippen MR) is 142 cm³/mol. The van der Waals surface area contributed by atoms with Crippen molar-refractivity contribution in [3.8, 4) is 0 Å². The number of nitrogens with one attached hydrogen (secondary N) is 2. The van der Waals surface area contributed by atoms with Crippen molar-refractivity contribution in [2.45, 2.75) is 64.3 Å². The Morgan fingerprint density at radius 2 is 1.35 bits per heavy atom. The van der Waals surface area contributed by atoms with Gasteiger partial charge in [0, 0.05) is 30.8 Å². The lowest BCUT2D eigenvalue weighted by molar-refractivity contribution is -0.270. The van der Waals surface area contributed by atoms with E-state index in [2.05, 4.69) is 5.32 Å². The molecule has 3 rings (SSSR count). The zero-order valence-corrected chi connectivity index (χ0v) is 24.2. The van der Waals surface area contributed by atoms with Crippen LogP contribution in [0.15, 0.2) is 24.3 Å². The first-order valence-electron chi connectivity index (χ1n) is 13.8. The third kappa shape index (κ3) is 7.48. The Balaban J connectivity index is 1.67. The number of morpholine rings is 1. The molecule has 1 unspecified atom stereocenters. The van der Waals surface area contributed by atoms with E-state index < -0.39 is 65.6 Å². The standard InChI is InChI=1S/C28H35F5N4O6/c1-15(2)20(22(38)27(29,30)28(31,32)33)34-24(40)19-9-10-37(19)26(42)21(16(3)4)35-23(39)17-5-7-18(8-6-17)25(41)36-11-13-43-14-12-36/h5-8,15-16,19-21H,9-14H2,1-4H3,(H,34,40)(H,35,39)/t19-,20?,21+/m1/s1. The molecule has 2 fully saturated rings. The van der Waals surface area contributed by atoms with Crippen LogP contribution in [0.2, 0.25) is 0 Å². The molecule has 43 heavy (non-hydrogen) atoms. The zero-order chi connectivity index (χ0) is 32.3. The number of carbonyl (C=O) groups excluding carboxylic acids is 5. The molecule has 2 aliphatic heterocycles. The van der Waals surface area contributed by atoms with Crippen LogP contribution in [0.3, 0.4) is 0 Å². The molecule has 0 saturated carbocycles. The normalized spacial score (nSPS) is 19.0. The Hall–Kier alpha value is -3.62. The topological polar surface area (TPSA) is 125 Å². The number of carbonyl (C=O) groups is 5. The fourth-order valence-electron chi connectivity index (χ4n) is 4.67. The first-order chi connectivity index (χ1) is 20.0. The molecule has 0 aromatic heterocycles. The van der Waals surface area contributed by atoms with Gasteiger partial charge in [0.2, 0.25) is 17.6 Å². The molecule has 2 heterocycles. The number of nitrogens with zero attached hydrogens (tertiary/aromatic N) is 2. The average molecular weight is 619 g/mol. The second kappa shape index (κ2) is 13.3. The number of ketones is 1. The van der Waals surface area contributed by atoms with Gasteiger partial charge in [-0.05, 0) is 42.5 Å². The lowest BCUT2D eigenvalue weighted by Gasteiger charge is -2.43. The number of rotatable bonds is 10. The maximum Gasteiger partial charge on any atom is 0.461 e. The fraction of sp³-hybridized carbons (Fsp3) is 0.607. The van der Waals surface area contributed by atoms with Crippen molar-refractivity contribution in [1.29, 1.82) is 0 Å². The van der Waals surface area contributed by atoms with Crippen molar-refractivity contribution in [2.75, 3.05) is 32.8 Å². The quantitative estimate of drug-likeness (QED) is 0.389. The number of halogens is 5. The lowest BCUT2D eigenvalue weighted by Crippen LogP contribution is -2.65. The maximum atomic E-state index is 13.7. The van der Waals surface area contributed by atoms with Crippen LogP contribution in [0.25, 0.3) is 0 Å². The van der Waals surface area contributed by atoms with Gasteiger partial charge >= 0.3 is 12.1 Å². The van der Waals surface area contributed by atoms with Gasteiger partial charge in [0.05, 0.1) is 19.3 Å². The molecule has 0 bridgehead atoms. The summed E-state index contributed by atoms with van der Waals surface area (Å²) in [6, 6.07) is 1.35. The van der Waals surface area contributed by atoms with Crippen molar-refractivity contribution in [2.24, 2.45) is 11.8 Å². The van der Waals surface area contributed by atoms with Crippen molar-refractivity contribution in [3.05, 3.63) is 35.4 Å². The highest BCUT2D eigenvalue weighted by Crippen LogP contribution is 2.37. The Kier molecular flexibility index (Phi) is 10.5. The Morgan fingerprint density at radius 1 is 0.814 bits per heavy atom. The van der Waals surface area contributed by atoms with Crippen molar-refractivity contribution in [3.63, 3.8) is 0 Å². The van der Waals surface area contributed by atoms with E-state index in [4.69, 9.17) is 4.74 Å². The molecular weight excluding hydrogens is 583 g/mol. The highest BCUT2D eigenvalue weighted by molar-refractivity contribution is 6.01. The second-order valence-electron chi connectivity index (χ2n) is 11.2. The van der Waals surface area contributed by atoms with Gasteiger partial charge in [0.15, 0.2) is 0 Å². The molecule has 0 radical (unpaired) electrons. The minimum Gasteiger partial charge on any atom is -0.378 e. The number of benzene rings is 1. The van der Waals surface area contributed by atoms with E-state index in [9.17, 15) is 45.9 Å². The van der Waals surface area contributed by atoms with Gasteiger partial charge in [-0.3, -0.25) is 24.0 Å². The molecule has 2 N–H and O–H groups in total. The van der Waals surface area contributed by atoms with Gasteiger partial charge in [-0.15, -0.1) is 0 Å². The Labute approximate surface area is 245 Å². The van der Waals surface area contributed by atoms with Gasteiger partial charge in [-0.2, -0.15) is 22.0 Å². The third-order valence-electron chi connectivity index (χ3n) is 7.43. The summed E-state index contributed by atoms with van der Waals surface area (Å²) in [5, 5.41) is 4.58. The average Bonchev–Trinajstić information content (AvgIpc) is 2.92. The molecule has 10 nitrogen and oxygen atoms in total. The summed E-state index contributed by atoms with van der Waals surface area (Å²) in [5.41, 5.74) is 0.536. The van der Waals surface area contributed by atoms with E-state index in [-0.39, 0.29) is 24.4 Å². The molecule has 2 aliphatic rings. The number of hydrogen-bond donors (Lipinski definition) is 2. The Bertz CT molecular complexity index is 1210. The van der Waals surface area contributed by atoms with Gasteiger partial charge in [-0.25, -0.2) is 0 Å². The molecule has 0 spiro atoms. The van der Waals surface area contributed by atoms with E-state index >= 15 is 0 Å². The maximum absolute atomic E-state index is 13.7. The number of amides is 4. The van der Waals surface area contributed by atoms with Gasteiger partial charge in [0.1, 0.15) is 12.1 Å². The Morgan fingerprint density at radius 3 is 1.81 bits per heavy atom. The summed E-state index contributed by atoms with van der Waals surface area (Å²) in [5.74, 6) is -12.3. The number of hydrogen-bond acceptors (Lipinski definition) is 6. The third-order valence-corrected chi connectivity index (χ3v) is 7.43. The molecular formula is C28H35F5N4O6. The van der Waals surface area contributed by atoms with Crippen LogP contribution in [0, 0.1) is 11.8 Å². The van der Waals surface area contributed by atoms with Crippen LogP contribution < -0.4 is 10.6 Å². The summed E-state index contributed by atoms with van der Waals surface area (Å²) in [6.45, 7) is 7.52. The summed E-state index contributed by atoms with van der Waals surface area (Å²) in [4.78, 5) is 66.6. The molecule has 1 aromatic carbocycles. The largest absolute Gasteiger partial charge is 0.461 e. The lowest BCUT2D eigenvalue weighted by atomic mass is 9.93. The van der Waals surface area contributed by atoms with Crippen LogP contribution in [0.4, 0.5) is 22.0 Å². The van der Waals surface area contributed by atoms with Crippen LogP contribution in [0.1, 0.15) is 54.8 Å². The molecule has 4 amide bonds. The number of ether oxygens (including phenoxy) is 1. The monoisotopic (exact) mass is 618 g/mol. The highest BCUT2D eigenvalue weighted by Gasteiger charge is 2.65. The molecule has 15 heteroatoms. The molecule has 0 aliphatic carbocycles. The van der Waals surface area contributed by atoms with Crippen molar-refractivity contribution < 1.29 is 50.7 Å². The van der Waals surface area contributed by atoms with Crippen LogP contribution in [-0.4, -0.2) is 102 Å². The number of likely N-dealkylation sites (tertiary alicyclic amines) is 1. The molecule has 1 aromatic rings. The van der Waals surface area contributed by atoms with E-state index in [1.807, 2.05) is 5.32 Å². The predicted octanol–water partition coefficient (Wildman–Crippen LogP) is 2.42. The molecule has 3 atom stereocenters. The minimum absolute atomic E-state index is 0.0629.